The van der Waals surface area contributed by atoms with Gasteiger partial charge in [-0.2, -0.15) is 5.48 Å². The molecule has 1 aliphatic rings. The second kappa shape index (κ2) is 4.31. The summed E-state index contributed by atoms with van der Waals surface area (Å²) in [5, 5.41) is 10.6. The van der Waals surface area contributed by atoms with E-state index < -0.39 is 0 Å². The minimum atomic E-state index is 0.312. The molecule has 0 saturated carbocycles. The molecule has 1 fully saturated rings. The van der Waals surface area contributed by atoms with E-state index in [2.05, 4.69) is 10.8 Å². The predicted molar refractivity (Wildman–Crippen MR) is 43.5 cm³/mol. The van der Waals surface area contributed by atoms with Crippen molar-refractivity contribution >= 4 is 5.90 Å². The van der Waals surface area contributed by atoms with Crippen LogP contribution in [0, 0.1) is 5.41 Å². The van der Waals surface area contributed by atoms with Crippen LogP contribution < -0.4 is 10.8 Å². The molecule has 1 unspecified atom stereocenters. The van der Waals surface area contributed by atoms with E-state index in [4.69, 9.17) is 10.2 Å². The van der Waals surface area contributed by atoms with Gasteiger partial charge in [0.25, 0.3) is 0 Å². The molecule has 0 bridgehead atoms. The highest BCUT2D eigenvalue weighted by Gasteiger charge is 2.16. The van der Waals surface area contributed by atoms with Crippen LogP contribution in [0.1, 0.15) is 19.3 Å². The first-order chi connectivity index (χ1) is 5.33. The molecule has 0 aliphatic carbocycles. The zero-order valence-electron chi connectivity index (χ0n) is 6.81. The normalized spacial score (nSPS) is 23.5. The first-order valence-electron chi connectivity index (χ1n) is 3.97. The van der Waals surface area contributed by atoms with Crippen LogP contribution >= 0.6 is 0 Å². The summed E-state index contributed by atoms with van der Waals surface area (Å²) >= 11 is 0. The molecule has 0 aromatic heterocycles. The fourth-order valence-corrected chi connectivity index (χ4v) is 1.32. The van der Waals surface area contributed by atoms with Crippen molar-refractivity contribution in [1.82, 2.24) is 10.8 Å². The number of hydroxylamine groups is 1. The molecule has 0 amide bonds. The SMILES string of the molecule is CNOC(=N)CC1CCCN1. The summed E-state index contributed by atoms with van der Waals surface area (Å²) in [4.78, 5) is 4.80. The first-order valence-corrected chi connectivity index (χ1v) is 3.97. The van der Waals surface area contributed by atoms with Gasteiger partial charge >= 0.3 is 0 Å². The molecule has 0 aromatic rings. The Bertz CT molecular complexity index is 132. The molecule has 11 heavy (non-hydrogen) atoms. The summed E-state index contributed by atoms with van der Waals surface area (Å²) in [6.07, 6.45) is 3.08. The van der Waals surface area contributed by atoms with Crippen LogP contribution in [0.4, 0.5) is 0 Å². The van der Waals surface area contributed by atoms with Crippen molar-refractivity contribution in [3.05, 3.63) is 0 Å². The van der Waals surface area contributed by atoms with E-state index in [1.54, 1.807) is 7.05 Å². The fourth-order valence-electron chi connectivity index (χ4n) is 1.32. The van der Waals surface area contributed by atoms with Gasteiger partial charge in [-0.05, 0) is 19.4 Å². The van der Waals surface area contributed by atoms with Crippen molar-refractivity contribution in [2.75, 3.05) is 13.6 Å². The van der Waals surface area contributed by atoms with E-state index in [-0.39, 0.29) is 0 Å². The van der Waals surface area contributed by atoms with Gasteiger partial charge in [0.15, 0.2) is 0 Å². The maximum Gasteiger partial charge on any atom is 0.208 e. The van der Waals surface area contributed by atoms with Crippen LogP contribution in [0.25, 0.3) is 0 Å². The summed E-state index contributed by atoms with van der Waals surface area (Å²) in [5.41, 5.74) is 2.49. The third kappa shape index (κ3) is 2.86. The highest BCUT2D eigenvalue weighted by atomic mass is 16.6. The Hall–Kier alpha value is -0.610. The third-order valence-electron chi connectivity index (χ3n) is 1.82. The van der Waals surface area contributed by atoms with Crippen LogP contribution in [-0.4, -0.2) is 25.5 Å². The lowest BCUT2D eigenvalue weighted by molar-refractivity contribution is 0.197. The Morgan fingerprint density at radius 1 is 1.82 bits per heavy atom. The predicted octanol–water partition coefficient (Wildman–Crippen LogP) is 0.257. The Morgan fingerprint density at radius 3 is 3.18 bits per heavy atom. The first kappa shape index (κ1) is 8.49. The third-order valence-corrected chi connectivity index (χ3v) is 1.82. The maximum atomic E-state index is 7.33. The van der Waals surface area contributed by atoms with E-state index in [1.165, 1.54) is 6.42 Å². The van der Waals surface area contributed by atoms with Gasteiger partial charge in [0, 0.05) is 19.5 Å². The van der Waals surface area contributed by atoms with Crippen molar-refractivity contribution in [2.45, 2.75) is 25.3 Å². The minimum Gasteiger partial charge on any atom is -0.394 e. The lowest BCUT2D eigenvalue weighted by atomic mass is 10.2. The molecule has 1 rings (SSSR count). The van der Waals surface area contributed by atoms with E-state index in [0.29, 0.717) is 18.4 Å². The van der Waals surface area contributed by atoms with Crippen molar-refractivity contribution in [3.63, 3.8) is 0 Å². The smallest absolute Gasteiger partial charge is 0.208 e. The van der Waals surface area contributed by atoms with E-state index in [1.807, 2.05) is 0 Å². The van der Waals surface area contributed by atoms with Gasteiger partial charge in [0.05, 0.1) is 0 Å². The summed E-state index contributed by atoms with van der Waals surface area (Å²) in [6.45, 7) is 1.08. The van der Waals surface area contributed by atoms with Crippen LogP contribution in [-0.2, 0) is 4.84 Å². The zero-order chi connectivity index (χ0) is 8.10. The molecule has 0 radical (unpaired) electrons. The molecule has 3 N–H and O–H groups in total. The molecule has 4 nitrogen and oxygen atoms in total. The van der Waals surface area contributed by atoms with Gasteiger partial charge in [0.2, 0.25) is 5.90 Å². The molecular weight excluding hydrogens is 142 g/mol. The second-order valence-electron chi connectivity index (χ2n) is 2.73. The van der Waals surface area contributed by atoms with Gasteiger partial charge < -0.3 is 10.2 Å². The standard InChI is InChI=1S/C7H15N3O/c1-9-11-7(8)5-6-3-2-4-10-6/h6,8-10H,2-5H2,1H3. The Kier molecular flexibility index (Phi) is 3.32. The van der Waals surface area contributed by atoms with Crippen LogP contribution in [0.15, 0.2) is 0 Å². The van der Waals surface area contributed by atoms with Crippen LogP contribution in [0.3, 0.4) is 0 Å². The lowest BCUT2D eigenvalue weighted by Crippen LogP contribution is -2.27. The van der Waals surface area contributed by atoms with Crippen molar-refractivity contribution < 1.29 is 4.84 Å². The molecular formula is C7H15N3O. The topological polar surface area (TPSA) is 57.1 Å². The van der Waals surface area contributed by atoms with Crippen molar-refractivity contribution in [2.24, 2.45) is 0 Å². The Balaban J connectivity index is 2.13. The molecule has 64 valence electrons. The van der Waals surface area contributed by atoms with Gasteiger partial charge in [-0.15, -0.1) is 0 Å². The quantitative estimate of drug-likeness (QED) is 0.313. The zero-order valence-corrected chi connectivity index (χ0v) is 6.81. The molecule has 1 aliphatic heterocycles. The monoisotopic (exact) mass is 157 g/mol. The summed E-state index contributed by atoms with van der Waals surface area (Å²) < 4.78 is 0. The fraction of sp³-hybridized carbons (Fsp3) is 0.857. The molecule has 0 spiro atoms. The molecule has 4 heteroatoms. The molecule has 1 atom stereocenters. The minimum absolute atomic E-state index is 0.312. The maximum absolute atomic E-state index is 7.33. The van der Waals surface area contributed by atoms with Crippen molar-refractivity contribution in [1.29, 1.82) is 5.41 Å². The van der Waals surface area contributed by atoms with Gasteiger partial charge in [-0.25, -0.2) is 0 Å². The molecule has 1 saturated heterocycles. The second-order valence-corrected chi connectivity index (χ2v) is 2.73. The number of rotatable bonds is 3. The van der Waals surface area contributed by atoms with Gasteiger partial charge in [-0.3, -0.25) is 5.41 Å². The summed E-state index contributed by atoms with van der Waals surface area (Å²) in [6, 6.07) is 0.454. The number of hydrogen-bond acceptors (Lipinski definition) is 4. The highest BCUT2D eigenvalue weighted by Crippen LogP contribution is 2.08. The van der Waals surface area contributed by atoms with Gasteiger partial charge in [0.1, 0.15) is 0 Å². The van der Waals surface area contributed by atoms with Crippen LogP contribution in [0.5, 0.6) is 0 Å². The van der Waals surface area contributed by atoms with E-state index in [9.17, 15) is 0 Å². The Labute approximate surface area is 66.8 Å². The van der Waals surface area contributed by atoms with E-state index in [0.717, 1.165) is 13.0 Å². The average Bonchev–Trinajstić information content (AvgIpc) is 2.40. The number of nitrogens with one attached hydrogen (secondary N) is 3. The average molecular weight is 157 g/mol. The van der Waals surface area contributed by atoms with Crippen LogP contribution in [0.2, 0.25) is 0 Å². The number of hydrogen-bond donors (Lipinski definition) is 3. The van der Waals surface area contributed by atoms with Gasteiger partial charge in [-0.1, -0.05) is 0 Å². The van der Waals surface area contributed by atoms with Crippen molar-refractivity contribution in [3.8, 4) is 0 Å². The molecule has 1 heterocycles. The highest BCUT2D eigenvalue weighted by molar-refractivity contribution is 5.72. The molecule has 0 aromatic carbocycles. The summed E-state index contributed by atoms with van der Waals surface area (Å²) in [7, 11) is 1.66. The van der Waals surface area contributed by atoms with E-state index >= 15 is 0 Å². The lowest BCUT2D eigenvalue weighted by Gasteiger charge is -2.10. The largest absolute Gasteiger partial charge is 0.394 e. The Morgan fingerprint density at radius 2 is 2.64 bits per heavy atom. The summed E-state index contributed by atoms with van der Waals surface area (Å²) in [5.74, 6) is 0.312.